The van der Waals surface area contributed by atoms with Gasteiger partial charge in [0.05, 0.1) is 0 Å². The van der Waals surface area contributed by atoms with Crippen molar-refractivity contribution in [3.05, 3.63) is 111 Å². The van der Waals surface area contributed by atoms with E-state index in [-0.39, 0.29) is 0 Å². The van der Waals surface area contributed by atoms with E-state index in [4.69, 9.17) is 0 Å². The third kappa shape index (κ3) is 5.66. The fraction of sp³-hybridized carbons (Fsp3) is 0.421. The number of aryl methyl sites for hydroxylation is 6. The van der Waals surface area contributed by atoms with Gasteiger partial charge in [0, 0.05) is 0 Å². The molecule has 0 atom stereocenters. The molecular weight excluding hydrogens is 485 g/mol. The van der Waals surface area contributed by atoms with E-state index >= 15 is 0 Å². The highest BCUT2D eigenvalue weighted by atomic mass is 28.3. The lowest BCUT2D eigenvalue weighted by Gasteiger charge is -2.38. The lowest BCUT2D eigenvalue weighted by Crippen LogP contribution is -2.69. The second-order valence-corrected chi connectivity index (χ2v) is 15.5. The minimum Gasteiger partial charge on any atom is -0.0805 e. The standard InChI is InChI=1S/C38H50Si/c1-9-28-18-29(10-2)22-34(21-28)39(38-17-15-16-37(38)27(7)8,35-23-30(11-3)19-31(12-4)24-35)36-25-32(13-5)20-33(14-6)26-36/h15-16,18-27H,9-14,17H2,1-8H3. The Kier molecular flexibility index (Phi) is 9.54. The van der Waals surface area contributed by atoms with Crippen molar-refractivity contribution in [3.63, 3.8) is 0 Å². The van der Waals surface area contributed by atoms with Gasteiger partial charge in [-0.1, -0.05) is 127 Å². The maximum atomic E-state index is 2.60. The topological polar surface area (TPSA) is 0 Å². The molecule has 1 aliphatic carbocycles. The highest BCUT2D eigenvalue weighted by Crippen LogP contribution is 2.34. The summed E-state index contributed by atoms with van der Waals surface area (Å²) < 4.78 is 0. The van der Waals surface area contributed by atoms with Crippen molar-refractivity contribution < 1.29 is 0 Å². The van der Waals surface area contributed by atoms with Gasteiger partial charge in [-0.05, 0) is 105 Å². The molecule has 0 fully saturated rings. The summed E-state index contributed by atoms with van der Waals surface area (Å²) in [6.07, 6.45) is 12.4. The van der Waals surface area contributed by atoms with E-state index in [1.807, 2.05) is 0 Å². The molecular formula is C38H50Si. The third-order valence-electron chi connectivity index (χ3n) is 8.95. The monoisotopic (exact) mass is 534 g/mol. The summed E-state index contributed by atoms with van der Waals surface area (Å²) in [6.45, 7) is 18.7. The molecule has 39 heavy (non-hydrogen) atoms. The molecule has 0 unspecified atom stereocenters. The SMILES string of the molecule is CCc1cc(CC)cc([Si](C2=C(C(C)C)C=CC2)(c2cc(CC)cc(CC)c2)c2cc(CC)cc(CC)c2)c1. The van der Waals surface area contributed by atoms with Crippen LogP contribution in [-0.2, 0) is 38.5 Å². The molecule has 0 saturated heterocycles. The van der Waals surface area contributed by atoms with Gasteiger partial charge in [0.2, 0.25) is 0 Å². The highest BCUT2D eigenvalue weighted by molar-refractivity contribution is 7.16. The maximum absolute atomic E-state index is 2.60. The first-order valence-corrected chi connectivity index (χ1v) is 17.6. The van der Waals surface area contributed by atoms with Crippen molar-refractivity contribution in [2.75, 3.05) is 0 Å². The minimum absolute atomic E-state index is 0.505. The Morgan fingerprint density at radius 2 is 0.821 bits per heavy atom. The average molecular weight is 535 g/mol. The molecule has 0 saturated carbocycles. The van der Waals surface area contributed by atoms with Crippen molar-refractivity contribution in [1.29, 1.82) is 0 Å². The van der Waals surface area contributed by atoms with Crippen LogP contribution in [0.4, 0.5) is 0 Å². The van der Waals surface area contributed by atoms with Crippen LogP contribution in [0.3, 0.4) is 0 Å². The van der Waals surface area contributed by atoms with Crippen LogP contribution < -0.4 is 15.6 Å². The largest absolute Gasteiger partial charge is 0.176 e. The van der Waals surface area contributed by atoms with Gasteiger partial charge in [-0.15, -0.1) is 0 Å². The first-order valence-electron chi connectivity index (χ1n) is 15.6. The lowest BCUT2D eigenvalue weighted by atomic mass is 10.1. The van der Waals surface area contributed by atoms with E-state index in [1.165, 1.54) is 33.4 Å². The zero-order chi connectivity index (χ0) is 28.2. The Morgan fingerprint density at radius 1 is 0.513 bits per heavy atom. The molecule has 0 aromatic heterocycles. The van der Waals surface area contributed by atoms with Crippen molar-refractivity contribution >= 4 is 23.6 Å². The summed E-state index contributed by atoms with van der Waals surface area (Å²) in [5, 5.41) is 6.46. The summed E-state index contributed by atoms with van der Waals surface area (Å²) in [7, 11) is -2.59. The predicted octanol–water partition coefficient (Wildman–Crippen LogP) is 7.98. The second-order valence-electron chi connectivity index (χ2n) is 11.7. The summed E-state index contributed by atoms with van der Waals surface area (Å²) in [5.74, 6) is 0.505. The molecule has 0 radical (unpaired) electrons. The molecule has 0 N–H and O–H groups in total. The van der Waals surface area contributed by atoms with Crippen molar-refractivity contribution in [2.45, 2.75) is 100 Å². The number of rotatable bonds is 11. The van der Waals surface area contributed by atoms with E-state index in [9.17, 15) is 0 Å². The van der Waals surface area contributed by atoms with Crippen LogP contribution in [0.2, 0.25) is 0 Å². The van der Waals surface area contributed by atoms with Gasteiger partial charge in [-0.2, -0.15) is 0 Å². The van der Waals surface area contributed by atoms with Crippen molar-refractivity contribution in [3.8, 4) is 0 Å². The molecule has 0 aliphatic heterocycles. The molecule has 0 amide bonds. The van der Waals surface area contributed by atoms with Crippen LogP contribution >= 0.6 is 0 Å². The molecule has 1 heteroatoms. The van der Waals surface area contributed by atoms with E-state index in [2.05, 4.69) is 122 Å². The first kappa shape index (κ1) is 29.3. The van der Waals surface area contributed by atoms with E-state index in [1.54, 1.807) is 26.3 Å². The van der Waals surface area contributed by atoms with Gasteiger partial charge in [-0.3, -0.25) is 0 Å². The quantitative estimate of drug-likeness (QED) is 0.173. The minimum atomic E-state index is -2.59. The molecule has 3 aromatic carbocycles. The van der Waals surface area contributed by atoms with Crippen LogP contribution in [-0.4, -0.2) is 8.07 Å². The summed E-state index contributed by atoms with van der Waals surface area (Å²) in [4.78, 5) is 0. The van der Waals surface area contributed by atoms with Crippen molar-refractivity contribution in [1.82, 2.24) is 0 Å². The molecule has 206 valence electrons. The summed E-state index contributed by atoms with van der Waals surface area (Å²) in [6, 6.07) is 23.0. The first-order chi connectivity index (χ1) is 18.8. The van der Waals surface area contributed by atoms with Gasteiger partial charge in [0.15, 0.2) is 8.07 Å². The van der Waals surface area contributed by atoms with E-state index in [0.717, 1.165) is 44.9 Å². The fourth-order valence-corrected chi connectivity index (χ4v) is 12.3. The summed E-state index contributed by atoms with van der Waals surface area (Å²) >= 11 is 0. The van der Waals surface area contributed by atoms with E-state index in [0.29, 0.717) is 5.92 Å². The fourth-order valence-electron chi connectivity index (χ4n) is 6.62. The number of benzene rings is 3. The van der Waals surface area contributed by atoms with Crippen LogP contribution in [0.25, 0.3) is 0 Å². The smallest absolute Gasteiger partial charge is 0.0805 e. The number of allylic oxidation sites excluding steroid dienone is 4. The molecule has 0 spiro atoms. The van der Waals surface area contributed by atoms with Crippen molar-refractivity contribution in [2.24, 2.45) is 5.92 Å². The normalized spacial score (nSPS) is 13.7. The van der Waals surface area contributed by atoms with Crippen LogP contribution in [0.5, 0.6) is 0 Å². The zero-order valence-corrected chi connectivity index (χ0v) is 26.9. The van der Waals surface area contributed by atoms with Crippen LogP contribution in [0, 0.1) is 5.92 Å². The zero-order valence-electron chi connectivity index (χ0n) is 25.9. The molecule has 0 heterocycles. The predicted molar refractivity (Wildman–Crippen MR) is 176 cm³/mol. The molecule has 3 aromatic rings. The van der Waals surface area contributed by atoms with E-state index < -0.39 is 8.07 Å². The third-order valence-corrected chi connectivity index (χ3v) is 13.8. The van der Waals surface area contributed by atoms with Gasteiger partial charge < -0.3 is 0 Å². The Hall–Kier alpha value is -2.64. The van der Waals surface area contributed by atoms with Crippen LogP contribution in [0.15, 0.2) is 77.5 Å². The Labute approximate surface area is 240 Å². The van der Waals surface area contributed by atoms with Gasteiger partial charge >= 0.3 is 0 Å². The van der Waals surface area contributed by atoms with Gasteiger partial charge in [0.25, 0.3) is 0 Å². The number of hydrogen-bond donors (Lipinski definition) is 0. The maximum Gasteiger partial charge on any atom is 0.176 e. The highest BCUT2D eigenvalue weighted by Gasteiger charge is 2.45. The van der Waals surface area contributed by atoms with Crippen LogP contribution in [0.1, 0.15) is 95.2 Å². The van der Waals surface area contributed by atoms with Gasteiger partial charge in [-0.25, -0.2) is 0 Å². The average Bonchev–Trinajstić information content (AvgIpc) is 3.47. The Bertz CT molecular complexity index is 1170. The Balaban J connectivity index is 2.28. The number of hydrogen-bond acceptors (Lipinski definition) is 0. The second kappa shape index (κ2) is 12.7. The summed E-state index contributed by atoms with van der Waals surface area (Å²) in [5.41, 5.74) is 10.4. The van der Waals surface area contributed by atoms with Gasteiger partial charge in [0.1, 0.15) is 0 Å². The Morgan fingerprint density at radius 3 is 1.08 bits per heavy atom. The molecule has 0 bridgehead atoms. The molecule has 4 rings (SSSR count). The lowest BCUT2D eigenvalue weighted by molar-refractivity contribution is 0.789. The molecule has 0 nitrogen and oxygen atoms in total. The molecule has 1 aliphatic rings.